The summed E-state index contributed by atoms with van der Waals surface area (Å²) in [5.41, 5.74) is 1.11. The smallest absolute Gasteiger partial charge is 0.260 e. The van der Waals surface area contributed by atoms with Gasteiger partial charge in [-0.3, -0.25) is 9.59 Å². The van der Waals surface area contributed by atoms with Crippen molar-refractivity contribution >= 4 is 23.2 Å². The fourth-order valence-electron chi connectivity index (χ4n) is 2.37. The summed E-state index contributed by atoms with van der Waals surface area (Å²) in [6.07, 6.45) is 0. The molecule has 0 saturated heterocycles. The van der Waals surface area contributed by atoms with E-state index in [0.717, 1.165) is 0 Å². The zero-order valence-electron chi connectivity index (χ0n) is 13.1. The molecule has 2 N–H and O–H groups in total. The fourth-order valence-corrected chi connectivity index (χ4v) is 2.62. The van der Waals surface area contributed by atoms with Crippen LogP contribution in [0.5, 0.6) is 0 Å². The molecule has 1 aromatic heterocycles. The molecule has 0 spiro atoms. The molecule has 0 bridgehead atoms. The standard InChI is InChI=1S/C18H13ClFN3O2/c1-10-8-15(24)23-17(21-10)11-4-2-5-12(9-11)22-18(25)16-13(19)6-3-7-14(16)20/h2-9H,1H3,(H,22,25)(H,21,23,24). The van der Waals surface area contributed by atoms with Crippen LogP contribution in [0.1, 0.15) is 16.1 Å². The Morgan fingerprint density at radius 1 is 1.20 bits per heavy atom. The van der Waals surface area contributed by atoms with Gasteiger partial charge in [-0.05, 0) is 31.2 Å². The van der Waals surface area contributed by atoms with Gasteiger partial charge in [0.15, 0.2) is 0 Å². The molecular formula is C18H13ClFN3O2. The number of H-pyrrole nitrogens is 1. The maximum atomic E-state index is 13.8. The molecule has 7 heteroatoms. The predicted octanol–water partition coefficient (Wildman–Crippen LogP) is 3.79. The van der Waals surface area contributed by atoms with E-state index in [1.165, 1.54) is 24.3 Å². The van der Waals surface area contributed by atoms with Gasteiger partial charge in [-0.25, -0.2) is 9.37 Å². The van der Waals surface area contributed by atoms with Gasteiger partial charge in [-0.1, -0.05) is 29.8 Å². The third kappa shape index (κ3) is 3.75. The second-order valence-corrected chi connectivity index (χ2v) is 5.77. The van der Waals surface area contributed by atoms with Crippen LogP contribution in [0.4, 0.5) is 10.1 Å². The van der Waals surface area contributed by atoms with E-state index in [4.69, 9.17) is 11.6 Å². The number of amides is 1. The van der Waals surface area contributed by atoms with Gasteiger partial charge in [-0.2, -0.15) is 0 Å². The topological polar surface area (TPSA) is 74.8 Å². The van der Waals surface area contributed by atoms with Crippen molar-refractivity contribution in [3.63, 3.8) is 0 Å². The highest BCUT2D eigenvalue weighted by Crippen LogP contribution is 2.22. The summed E-state index contributed by atoms with van der Waals surface area (Å²) in [6, 6.07) is 12.1. The Kier molecular flexibility index (Phi) is 4.63. The molecule has 0 radical (unpaired) electrons. The number of nitrogens with one attached hydrogen (secondary N) is 2. The lowest BCUT2D eigenvalue weighted by atomic mass is 10.1. The Bertz CT molecular complexity index is 997. The fraction of sp³-hybridized carbons (Fsp3) is 0.0556. The zero-order valence-corrected chi connectivity index (χ0v) is 13.9. The lowest BCUT2D eigenvalue weighted by Gasteiger charge is -2.09. The quantitative estimate of drug-likeness (QED) is 0.748. The van der Waals surface area contributed by atoms with Crippen LogP contribution < -0.4 is 10.9 Å². The number of rotatable bonds is 3. The van der Waals surface area contributed by atoms with Crippen molar-refractivity contribution in [3.05, 3.63) is 81.0 Å². The molecule has 2 aromatic carbocycles. The number of aromatic amines is 1. The highest BCUT2D eigenvalue weighted by molar-refractivity contribution is 6.34. The van der Waals surface area contributed by atoms with Crippen molar-refractivity contribution in [1.29, 1.82) is 0 Å². The molecule has 1 amide bonds. The van der Waals surface area contributed by atoms with E-state index in [2.05, 4.69) is 15.3 Å². The van der Waals surface area contributed by atoms with Crippen molar-refractivity contribution < 1.29 is 9.18 Å². The summed E-state index contributed by atoms with van der Waals surface area (Å²) >= 11 is 5.90. The molecule has 0 unspecified atom stereocenters. The second kappa shape index (κ2) is 6.86. The van der Waals surface area contributed by atoms with Gasteiger partial charge >= 0.3 is 0 Å². The Morgan fingerprint density at radius 2 is 1.96 bits per heavy atom. The van der Waals surface area contributed by atoms with Crippen LogP contribution in [0.15, 0.2) is 53.3 Å². The maximum absolute atomic E-state index is 13.8. The molecule has 0 fully saturated rings. The first kappa shape index (κ1) is 16.9. The van der Waals surface area contributed by atoms with Crippen LogP contribution >= 0.6 is 11.6 Å². The molecule has 0 aliphatic carbocycles. The SMILES string of the molecule is Cc1cc(=O)[nH]c(-c2cccc(NC(=O)c3c(F)cccc3Cl)c2)n1. The Labute approximate surface area is 147 Å². The number of aryl methyl sites for hydroxylation is 1. The summed E-state index contributed by atoms with van der Waals surface area (Å²) in [7, 11) is 0. The number of halogens is 2. The summed E-state index contributed by atoms with van der Waals surface area (Å²) in [4.78, 5) is 30.8. The molecule has 3 rings (SSSR count). The monoisotopic (exact) mass is 357 g/mol. The minimum Gasteiger partial charge on any atom is -0.322 e. The molecule has 0 aliphatic heterocycles. The first-order valence-corrected chi connectivity index (χ1v) is 7.75. The van der Waals surface area contributed by atoms with E-state index in [1.54, 1.807) is 31.2 Å². The number of hydrogen-bond donors (Lipinski definition) is 2. The number of carbonyl (C=O) groups excluding carboxylic acids is 1. The molecular weight excluding hydrogens is 345 g/mol. The molecule has 1 heterocycles. The van der Waals surface area contributed by atoms with Gasteiger partial charge < -0.3 is 10.3 Å². The Balaban J connectivity index is 1.92. The molecule has 3 aromatic rings. The summed E-state index contributed by atoms with van der Waals surface area (Å²) in [5, 5.41) is 2.62. The molecule has 0 aliphatic rings. The minimum atomic E-state index is -0.703. The van der Waals surface area contributed by atoms with Crippen LogP contribution in [0, 0.1) is 12.7 Å². The molecule has 5 nitrogen and oxygen atoms in total. The first-order chi connectivity index (χ1) is 11.9. The number of nitrogens with zero attached hydrogens (tertiary/aromatic N) is 1. The van der Waals surface area contributed by atoms with Crippen LogP contribution in [0.2, 0.25) is 5.02 Å². The summed E-state index contributed by atoms with van der Waals surface area (Å²) in [6.45, 7) is 1.71. The van der Waals surface area contributed by atoms with Crippen LogP contribution in [-0.2, 0) is 0 Å². The number of aromatic nitrogens is 2. The van der Waals surface area contributed by atoms with E-state index in [1.807, 2.05) is 0 Å². The normalized spacial score (nSPS) is 10.5. The number of benzene rings is 2. The third-order valence-corrected chi connectivity index (χ3v) is 3.77. The van der Waals surface area contributed by atoms with E-state index in [0.29, 0.717) is 22.8 Å². The third-order valence-electron chi connectivity index (χ3n) is 3.45. The lowest BCUT2D eigenvalue weighted by molar-refractivity contribution is 0.102. The van der Waals surface area contributed by atoms with Gasteiger partial charge in [0.1, 0.15) is 11.6 Å². The second-order valence-electron chi connectivity index (χ2n) is 5.37. The van der Waals surface area contributed by atoms with Crippen molar-refractivity contribution in [2.24, 2.45) is 0 Å². The number of anilines is 1. The van der Waals surface area contributed by atoms with Gasteiger partial charge in [0, 0.05) is 23.0 Å². The van der Waals surface area contributed by atoms with E-state index in [9.17, 15) is 14.0 Å². The number of carbonyl (C=O) groups is 1. The average Bonchev–Trinajstić information content (AvgIpc) is 2.54. The zero-order chi connectivity index (χ0) is 18.0. The van der Waals surface area contributed by atoms with Gasteiger partial charge in [0.05, 0.1) is 10.6 Å². The average molecular weight is 358 g/mol. The highest BCUT2D eigenvalue weighted by Gasteiger charge is 2.16. The van der Waals surface area contributed by atoms with Gasteiger partial charge in [-0.15, -0.1) is 0 Å². The Hall–Kier alpha value is -2.99. The predicted molar refractivity (Wildman–Crippen MR) is 94.4 cm³/mol. The lowest BCUT2D eigenvalue weighted by Crippen LogP contribution is -2.14. The summed E-state index contributed by atoms with van der Waals surface area (Å²) in [5.74, 6) is -0.984. The molecule has 25 heavy (non-hydrogen) atoms. The number of hydrogen-bond acceptors (Lipinski definition) is 3. The maximum Gasteiger partial charge on any atom is 0.260 e. The van der Waals surface area contributed by atoms with Crippen LogP contribution in [-0.4, -0.2) is 15.9 Å². The van der Waals surface area contributed by atoms with E-state index < -0.39 is 11.7 Å². The van der Waals surface area contributed by atoms with E-state index in [-0.39, 0.29) is 16.1 Å². The van der Waals surface area contributed by atoms with E-state index >= 15 is 0 Å². The van der Waals surface area contributed by atoms with Crippen molar-refractivity contribution in [2.75, 3.05) is 5.32 Å². The molecule has 0 atom stereocenters. The van der Waals surface area contributed by atoms with Crippen molar-refractivity contribution in [3.8, 4) is 11.4 Å². The van der Waals surface area contributed by atoms with Crippen LogP contribution in [0.25, 0.3) is 11.4 Å². The largest absolute Gasteiger partial charge is 0.322 e. The highest BCUT2D eigenvalue weighted by atomic mass is 35.5. The first-order valence-electron chi connectivity index (χ1n) is 7.38. The van der Waals surface area contributed by atoms with Crippen molar-refractivity contribution in [2.45, 2.75) is 6.92 Å². The van der Waals surface area contributed by atoms with Crippen molar-refractivity contribution in [1.82, 2.24) is 9.97 Å². The molecule has 126 valence electrons. The van der Waals surface area contributed by atoms with Gasteiger partial charge in [0.25, 0.3) is 11.5 Å². The Morgan fingerprint density at radius 3 is 2.68 bits per heavy atom. The molecule has 0 saturated carbocycles. The minimum absolute atomic E-state index is 0.0262. The van der Waals surface area contributed by atoms with Gasteiger partial charge in [0.2, 0.25) is 0 Å². The summed E-state index contributed by atoms with van der Waals surface area (Å²) < 4.78 is 13.8. The van der Waals surface area contributed by atoms with Crippen LogP contribution in [0.3, 0.4) is 0 Å².